The number of rotatable bonds is 8. The second-order valence-corrected chi connectivity index (χ2v) is 7.66. The SMILES string of the molecule is CC[C@H](C)c1ccc([C@H](NCC(=O)Nc2cc(C)on2)c2cccs2)cc1. The van der Waals surface area contributed by atoms with Gasteiger partial charge in [0.15, 0.2) is 5.82 Å². The van der Waals surface area contributed by atoms with E-state index in [1.165, 1.54) is 10.4 Å². The fraction of sp³-hybridized carbons (Fsp3) is 0.333. The summed E-state index contributed by atoms with van der Waals surface area (Å²) in [4.78, 5) is 13.4. The van der Waals surface area contributed by atoms with Gasteiger partial charge in [0.2, 0.25) is 5.91 Å². The maximum absolute atomic E-state index is 12.3. The van der Waals surface area contributed by atoms with Crippen molar-refractivity contribution < 1.29 is 9.32 Å². The molecule has 0 unspecified atom stereocenters. The zero-order valence-electron chi connectivity index (χ0n) is 15.9. The van der Waals surface area contributed by atoms with Gasteiger partial charge in [0.1, 0.15) is 5.76 Å². The summed E-state index contributed by atoms with van der Waals surface area (Å²) in [6.07, 6.45) is 1.12. The third-order valence-corrected chi connectivity index (χ3v) is 5.58. The van der Waals surface area contributed by atoms with Gasteiger partial charge >= 0.3 is 0 Å². The van der Waals surface area contributed by atoms with Crippen molar-refractivity contribution in [3.05, 3.63) is 69.6 Å². The number of nitrogens with zero attached hydrogens (tertiary/aromatic N) is 1. The van der Waals surface area contributed by atoms with Crippen molar-refractivity contribution in [3.63, 3.8) is 0 Å². The zero-order valence-corrected chi connectivity index (χ0v) is 16.7. The Morgan fingerprint density at radius 1 is 1.22 bits per heavy atom. The molecule has 0 fully saturated rings. The standard InChI is InChI=1S/C21H25N3O2S/c1-4-14(2)16-7-9-17(10-8-16)21(18-6-5-11-27-18)22-13-20(25)23-19-12-15(3)26-24-19/h5-12,14,21-22H,4,13H2,1-3H3,(H,23,24,25)/t14-,21-/m0/s1. The van der Waals surface area contributed by atoms with Crippen LogP contribution < -0.4 is 10.6 Å². The number of amides is 1. The molecule has 1 aromatic carbocycles. The van der Waals surface area contributed by atoms with Crippen LogP contribution in [0, 0.1) is 6.92 Å². The normalized spacial score (nSPS) is 13.3. The van der Waals surface area contributed by atoms with E-state index in [1.54, 1.807) is 24.3 Å². The summed E-state index contributed by atoms with van der Waals surface area (Å²) in [5.74, 6) is 1.49. The van der Waals surface area contributed by atoms with Gasteiger partial charge in [-0.1, -0.05) is 49.3 Å². The molecule has 0 radical (unpaired) electrons. The van der Waals surface area contributed by atoms with E-state index in [2.05, 4.69) is 65.3 Å². The zero-order chi connectivity index (χ0) is 19.2. The average Bonchev–Trinajstić information content (AvgIpc) is 3.34. The summed E-state index contributed by atoms with van der Waals surface area (Å²) in [7, 11) is 0. The summed E-state index contributed by atoms with van der Waals surface area (Å²) in [6, 6.07) is 14.5. The first kappa shape index (κ1) is 19.3. The van der Waals surface area contributed by atoms with Gasteiger partial charge in [-0.25, -0.2) is 0 Å². The highest BCUT2D eigenvalue weighted by atomic mass is 32.1. The molecule has 2 aromatic heterocycles. The molecule has 5 nitrogen and oxygen atoms in total. The topological polar surface area (TPSA) is 67.2 Å². The highest BCUT2D eigenvalue weighted by molar-refractivity contribution is 7.10. The molecule has 6 heteroatoms. The van der Waals surface area contributed by atoms with Crippen molar-refractivity contribution in [1.29, 1.82) is 0 Å². The second kappa shape index (κ2) is 8.97. The van der Waals surface area contributed by atoms with Gasteiger partial charge in [-0.3, -0.25) is 10.1 Å². The van der Waals surface area contributed by atoms with Gasteiger partial charge in [0.25, 0.3) is 0 Å². The van der Waals surface area contributed by atoms with E-state index in [4.69, 9.17) is 4.52 Å². The number of thiophene rings is 1. The number of carbonyl (C=O) groups is 1. The Bertz CT molecular complexity index is 856. The molecule has 2 atom stereocenters. The first-order valence-corrected chi connectivity index (χ1v) is 10.0. The van der Waals surface area contributed by atoms with E-state index >= 15 is 0 Å². The molecule has 0 saturated carbocycles. The molecule has 1 amide bonds. The van der Waals surface area contributed by atoms with Gasteiger partial charge < -0.3 is 9.84 Å². The van der Waals surface area contributed by atoms with Crippen LogP contribution >= 0.6 is 11.3 Å². The maximum Gasteiger partial charge on any atom is 0.239 e. The smallest absolute Gasteiger partial charge is 0.239 e. The van der Waals surface area contributed by atoms with Crippen molar-refractivity contribution in [1.82, 2.24) is 10.5 Å². The molecule has 0 aliphatic heterocycles. The van der Waals surface area contributed by atoms with Gasteiger partial charge in [0.05, 0.1) is 12.6 Å². The molecule has 27 heavy (non-hydrogen) atoms. The average molecular weight is 384 g/mol. The van der Waals surface area contributed by atoms with E-state index < -0.39 is 0 Å². The summed E-state index contributed by atoms with van der Waals surface area (Å²) in [6.45, 7) is 6.40. The maximum atomic E-state index is 12.3. The lowest BCUT2D eigenvalue weighted by molar-refractivity contribution is -0.115. The third kappa shape index (κ3) is 5.05. The van der Waals surface area contributed by atoms with Crippen LogP contribution in [0.3, 0.4) is 0 Å². The molecular formula is C21H25N3O2S. The van der Waals surface area contributed by atoms with E-state index in [0.717, 1.165) is 12.0 Å². The van der Waals surface area contributed by atoms with Crippen molar-refractivity contribution in [2.24, 2.45) is 0 Å². The van der Waals surface area contributed by atoms with Crippen LogP contribution in [0.15, 0.2) is 52.4 Å². The molecular weight excluding hydrogens is 358 g/mol. The third-order valence-electron chi connectivity index (χ3n) is 4.64. The van der Waals surface area contributed by atoms with Gasteiger partial charge in [-0.15, -0.1) is 11.3 Å². The van der Waals surface area contributed by atoms with Crippen LogP contribution in [0.1, 0.15) is 54.0 Å². The minimum atomic E-state index is -0.152. The lowest BCUT2D eigenvalue weighted by Gasteiger charge is -2.19. The molecule has 3 aromatic rings. The monoisotopic (exact) mass is 383 g/mol. The Balaban J connectivity index is 1.69. The van der Waals surface area contributed by atoms with Crippen LogP contribution in [-0.2, 0) is 4.79 Å². The molecule has 0 aliphatic carbocycles. The predicted molar refractivity (Wildman–Crippen MR) is 109 cm³/mol. The molecule has 0 saturated heterocycles. The van der Waals surface area contributed by atoms with Crippen molar-refractivity contribution in [2.45, 2.75) is 39.2 Å². The first-order chi connectivity index (χ1) is 13.1. The molecule has 142 valence electrons. The van der Waals surface area contributed by atoms with Gasteiger partial charge in [-0.05, 0) is 41.8 Å². The molecule has 3 rings (SSSR count). The Morgan fingerprint density at radius 3 is 2.56 bits per heavy atom. The molecule has 0 aliphatic rings. The number of anilines is 1. The van der Waals surface area contributed by atoms with Crippen molar-refractivity contribution in [3.8, 4) is 0 Å². The molecule has 0 spiro atoms. The van der Waals surface area contributed by atoms with Crippen LogP contribution in [0.2, 0.25) is 0 Å². The first-order valence-electron chi connectivity index (χ1n) is 9.16. The van der Waals surface area contributed by atoms with Gasteiger partial charge in [0, 0.05) is 10.9 Å². The van der Waals surface area contributed by atoms with Crippen LogP contribution in [0.25, 0.3) is 0 Å². The van der Waals surface area contributed by atoms with Crippen LogP contribution in [0.5, 0.6) is 0 Å². The van der Waals surface area contributed by atoms with Crippen molar-refractivity contribution >= 4 is 23.1 Å². The number of benzene rings is 1. The van der Waals surface area contributed by atoms with Crippen LogP contribution in [-0.4, -0.2) is 17.6 Å². The van der Waals surface area contributed by atoms with E-state index in [-0.39, 0.29) is 18.5 Å². The highest BCUT2D eigenvalue weighted by Crippen LogP contribution is 2.28. The van der Waals surface area contributed by atoms with E-state index in [9.17, 15) is 4.79 Å². The number of hydrogen-bond acceptors (Lipinski definition) is 5. The summed E-state index contributed by atoms with van der Waals surface area (Å²) in [5.41, 5.74) is 2.49. The lowest BCUT2D eigenvalue weighted by atomic mass is 9.95. The van der Waals surface area contributed by atoms with Crippen LogP contribution in [0.4, 0.5) is 5.82 Å². The fourth-order valence-electron chi connectivity index (χ4n) is 2.90. The van der Waals surface area contributed by atoms with E-state index in [0.29, 0.717) is 17.5 Å². The minimum Gasteiger partial charge on any atom is -0.360 e. The second-order valence-electron chi connectivity index (χ2n) is 6.68. The number of aryl methyl sites for hydroxylation is 1. The molecule has 2 N–H and O–H groups in total. The summed E-state index contributed by atoms with van der Waals surface area (Å²) < 4.78 is 4.98. The Kier molecular flexibility index (Phi) is 6.42. The van der Waals surface area contributed by atoms with E-state index in [1.807, 2.05) is 6.07 Å². The lowest BCUT2D eigenvalue weighted by Crippen LogP contribution is -2.31. The number of hydrogen-bond donors (Lipinski definition) is 2. The fourth-order valence-corrected chi connectivity index (χ4v) is 3.72. The summed E-state index contributed by atoms with van der Waals surface area (Å²) >= 11 is 1.68. The Hall–Kier alpha value is -2.44. The largest absolute Gasteiger partial charge is 0.360 e. The molecule has 2 heterocycles. The van der Waals surface area contributed by atoms with Crippen molar-refractivity contribution in [2.75, 3.05) is 11.9 Å². The highest BCUT2D eigenvalue weighted by Gasteiger charge is 2.17. The predicted octanol–water partition coefficient (Wildman–Crippen LogP) is 4.88. The number of nitrogens with one attached hydrogen (secondary N) is 2. The Labute approximate surface area is 163 Å². The summed E-state index contributed by atoms with van der Waals surface area (Å²) in [5, 5.41) is 12.0. The number of carbonyl (C=O) groups excluding carboxylic acids is 1. The van der Waals surface area contributed by atoms with Gasteiger partial charge in [-0.2, -0.15) is 0 Å². The quantitative estimate of drug-likeness (QED) is 0.582. The minimum absolute atomic E-state index is 0.0271. The Morgan fingerprint density at radius 2 is 1.96 bits per heavy atom. The molecule has 0 bridgehead atoms. The number of aromatic nitrogens is 1.